The van der Waals surface area contributed by atoms with Crippen molar-refractivity contribution in [1.82, 2.24) is 0 Å². The maximum Gasteiger partial charge on any atom is 0.131 e. The molecule has 18 heavy (non-hydrogen) atoms. The van der Waals surface area contributed by atoms with Crippen molar-refractivity contribution in [2.24, 2.45) is 11.1 Å². The van der Waals surface area contributed by atoms with Gasteiger partial charge >= 0.3 is 0 Å². The first kappa shape index (κ1) is 13.3. The molecule has 1 aliphatic rings. The maximum atomic E-state index is 13.6. The smallest absolute Gasteiger partial charge is 0.131 e. The van der Waals surface area contributed by atoms with Crippen LogP contribution in [-0.4, -0.2) is 6.10 Å². The molecule has 0 amide bonds. The van der Waals surface area contributed by atoms with Crippen LogP contribution < -0.4 is 10.5 Å². The van der Waals surface area contributed by atoms with E-state index in [0.717, 1.165) is 25.7 Å². The minimum Gasteiger partial charge on any atom is -0.490 e. The Bertz CT molecular complexity index is 407. The molecule has 0 saturated heterocycles. The van der Waals surface area contributed by atoms with E-state index in [1.165, 1.54) is 6.07 Å². The predicted molar refractivity (Wildman–Crippen MR) is 71.0 cm³/mol. The van der Waals surface area contributed by atoms with Gasteiger partial charge < -0.3 is 10.5 Å². The van der Waals surface area contributed by atoms with Gasteiger partial charge in [0.15, 0.2) is 0 Å². The normalized spacial score (nSPS) is 19.8. The van der Waals surface area contributed by atoms with Gasteiger partial charge in [-0.2, -0.15) is 0 Å². The van der Waals surface area contributed by atoms with E-state index < -0.39 is 0 Å². The van der Waals surface area contributed by atoms with Crippen molar-refractivity contribution in [3.63, 3.8) is 0 Å². The van der Waals surface area contributed by atoms with Gasteiger partial charge in [-0.15, -0.1) is 0 Å². The molecule has 2 nitrogen and oxygen atoms in total. The summed E-state index contributed by atoms with van der Waals surface area (Å²) in [6, 6.07) is 4.92. The highest BCUT2D eigenvalue weighted by molar-refractivity contribution is 5.34. The molecule has 0 radical (unpaired) electrons. The lowest BCUT2D eigenvalue weighted by Crippen LogP contribution is -2.28. The minimum atomic E-state index is -0.272. The standard InChI is InChI=1S/C15H22FNO/c1-15(2)8-6-11(7-9-15)18-14-5-3-4-13(16)12(14)10-17/h3-5,11H,6-10,17H2,1-2H3. The molecule has 1 saturated carbocycles. The second-order valence-corrected chi connectivity index (χ2v) is 5.90. The lowest BCUT2D eigenvalue weighted by Gasteiger charge is -2.34. The number of hydrogen-bond acceptors (Lipinski definition) is 2. The zero-order valence-corrected chi connectivity index (χ0v) is 11.2. The summed E-state index contributed by atoms with van der Waals surface area (Å²) in [4.78, 5) is 0. The fourth-order valence-corrected chi connectivity index (χ4v) is 2.52. The average Bonchev–Trinajstić information content (AvgIpc) is 2.32. The van der Waals surface area contributed by atoms with Crippen LogP contribution >= 0.6 is 0 Å². The summed E-state index contributed by atoms with van der Waals surface area (Å²) in [5.41, 5.74) is 6.48. The molecule has 2 rings (SSSR count). The van der Waals surface area contributed by atoms with Crippen LogP contribution in [-0.2, 0) is 6.54 Å². The van der Waals surface area contributed by atoms with Gasteiger partial charge in [-0.1, -0.05) is 19.9 Å². The number of halogens is 1. The van der Waals surface area contributed by atoms with Crippen LogP contribution in [0.3, 0.4) is 0 Å². The summed E-state index contributed by atoms with van der Waals surface area (Å²) in [5, 5.41) is 0. The average molecular weight is 251 g/mol. The molecular formula is C15H22FNO. The Hall–Kier alpha value is -1.09. The molecule has 0 atom stereocenters. The lowest BCUT2D eigenvalue weighted by atomic mass is 9.76. The van der Waals surface area contributed by atoms with E-state index in [4.69, 9.17) is 10.5 Å². The van der Waals surface area contributed by atoms with Crippen molar-refractivity contribution in [3.05, 3.63) is 29.6 Å². The first-order chi connectivity index (χ1) is 8.52. The Morgan fingerprint density at radius 1 is 1.33 bits per heavy atom. The second-order valence-electron chi connectivity index (χ2n) is 5.90. The molecular weight excluding hydrogens is 229 g/mol. The van der Waals surface area contributed by atoms with Crippen LogP contribution in [0, 0.1) is 11.2 Å². The number of hydrogen-bond donors (Lipinski definition) is 1. The van der Waals surface area contributed by atoms with Gasteiger partial charge in [0.1, 0.15) is 11.6 Å². The van der Waals surface area contributed by atoms with Crippen LogP contribution in [0.5, 0.6) is 5.75 Å². The van der Waals surface area contributed by atoms with Gasteiger partial charge in [0.25, 0.3) is 0 Å². The second kappa shape index (κ2) is 5.27. The highest BCUT2D eigenvalue weighted by Gasteiger charge is 2.28. The van der Waals surface area contributed by atoms with E-state index in [-0.39, 0.29) is 18.5 Å². The molecule has 2 N–H and O–H groups in total. The van der Waals surface area contributed by atoms with Crippen LogP contribution in [0.2, 0.25) is 0 Å². The molecule has 3 heteroatoms. The van der Waals surface area contributed by atoms with Crippen molar-refractivity contribution in [3.8, 4) is 5.75 Å². The Labute approximate surface area is 108 Å². The van der Waals surface area contributed by atoms with E-state index in [1.54, 1.807) is 6.07 Å². The van der Waals surface area contributed by atoms with Gasteiger partial charge in [-0.25, -0.2) is 4.39 Å². The summed E-state index contributed by atoms with van der Waals surface area (Å²) in [5.74, 6) is 0.341. The van der Waals surface area contributed by atoms with Gasteiger partial charge in [0, 0.05) is 12.1 Å². The Morgan fingerprint density at radius 3 is 2.61 bits per heavy atom. The monoisotopic (exact) mass is 251 g/mol. The minimum absolute atomic E-state index is 0.181. The van der Waals surface area contributed by atoms with Crippen LogP contribution in [0.25, 0.3) is 0 Å². The Kier molecular flexibility index (Phi) is 3.91. The van der Waals surface area contributed by atoms with Crippen molar-refractivity contribution >= 4 is 0 Å². The molecule has 1 fully saturated rings. The number of ether oxygens (including phenoxy) is 1. The molecule has 0 aromatic heterocycles. The fourth-order valence-electron chi connectivity index (χ4n) is 2.52. The van der Waals surface area contributed by atoms with E-state index >= 15 is 0 Å². The largest absolute Gasteiger partial charge is 0.490 e. The number of benzene rings is 1. The quantitative estimate of drug-likeness (QED) is 0.890. The third-order valence-corrected chi connectivity index (χ3v) is 3.86. The SMILES string of the molecule is CC1(C)CCC(Oc2cccc(F)c2CN)CC1. The van der Waals surface area contributed by atoms with E-state index in [0.29, 0.717) is 16.7 Å². The summed E-state index contributed by atoms with van der Waals surface area (Å²) in [7, 11) is 0. The van der Waals surface area contributed by atoms with Gasteiger partial charge in [0.05, 0.1) is 6.10 Å². The predicted octanol–water partition coefficient (Wildman–Crippen LogP) is 3.63. The first-order valence-corrected chi connectivity index (χ1v) is 6.66. The molecule has 0 heterocycles. The number of rotatable bonds is 3. The molecule has 100 valence electrons. The molecule has 1 aliphatic carbocycles. The van der Waals surface area contributed by atoms with Crippen molar-refractivity contribution < 1.29 is 9.13 Å². The van der Waals surface area contributed by atoms with Crippen LogP contribution in [0.15, 0.2) is 18.2 Å². The summed E-state index contributed by atoms with van der Waals surface area (Å²) < 4.78 is 19.5. The summed E-state index contributed by atoms with van der Waals surface area (Å²) in [6.07, 6.45) is 4.59. The zero-order chi connectivity index (χ0) is 13.2. The Balaban J connectivity index is 2.04. The Morgan fingerprint density at radius 2 is 2.00 bits per heavy atom. The van der Waals surface area contributed by atoms with Gasteiger partial charge in [0.2, 0.25) is 0 Å². The van der Waals surface area contributed by atoms with Crippen molar-refractivity contribution in [2.45, 2.75) is 52.2 Å². The first-order valence-electron chi connectivity index (χ1n) is 6.66. The highest BCUT2D eigenvalue weighted by atomic mass is 19.1. The van der Waals surface area contributed by atoms with Crippen LogP contribution in [0.4, 0.5) is 4.39 Å². The van der Waals surface area contributed by atoms with Crippen LogP contribution in [0.1, 0.15) is 45.1 Å². The lowest BCUT2D eigenvalue weighted by molar-refractivity contribution is 0.0976. The molecule has 0 bridgehead atoms. The molecule has 1 aromatic rings. The molecule has 0 aliphatic heterocycles. The number of nitrogens with two attached hydrogens (primary N) is 1. The van der Waals surface area contributed by atoms with Crippen molar-refractivity contribution in [1.29, 1.82) is 0 Å². The van der Waals surface area contributed by atoms with E-state index in [9.17, 15) is 4.39 Å². The zero-order valence-electron chi connectivity index (χ0n) is 11.2. The topological polar surface area (TPSA) is 35.2 Å². The molecule has 0 spiro atoms. The summed E-state index contributed by atoms with van der Waals surface area (Å²) in [6.45, 7) is 4.76. The summed E-state index contributed by atoms with van der Waals surface area (Å²) >= 11 is 0. The fraction of sp³-hybridized carbons (Fsp3) is 0.600. The van der Waals surface area contributed by atoms with E-state index in [1.807, 2.05) is 6.07 Å². The van der Waals surface area contributed by atoms with Gasteiger partial charge in [-0.3, -0.25) is 0 Å². The van der Waals surface area contributed by atoms with Gasteiger partial charge in [-0.05, 0) is 43.2 Å². The third-order valence-electron chi connectivity index (χ3n) is 3.86. The highest BCUT2D eigenvalue weighted by Crippen LogP contribution is 2.37. The molecule has 1 aromatic carbocycles. The molecule has 0 unspecified atom stereocenters. The maximum absolute atomic E-state index is 13.6. The van der Waals surface area contributed by atoms with E-state index in [2.05, 4.69) is 13.8 Å². The third kappa shape index (κ3) is 3.02. The van der Waals surface area contributed by atoms with Crippen molar-refractivity contribution in [2.75, 3.05) is 0 Å².